The summed E-state index contributed by atoms with van der Waals surface area (Å²) in [5.41, 5.74) is 4.39. The second-order valence-corrected chi connectivity index (χ2v) is 13.8. The van der Waals surface area contributed by atoms with Crippen LogP contribution in [-0.4, -0.2) is 88.8 Å². The number of rotatable bonds is 17. The Bertz CT molecular complexity index is 1130. The summed E-state index contributed by atoms with van der Waals surface area (Å²) in [6, 6.07) is 1.20. The summed E-state index contributed by atoms with van der Waals surface area (Å²) >= 11 is 0. The van der Waals surface area contributed by atoms with E-state index in [9.17, 15) is 33.6 Å². The van der Waals surface area contributed by atoms with Gasteiger partial charge < -0.3 is 45.2 Å². The van der Waals surface area contributed by atoms with Crippen LogP contribution < -0.4 is 11.4 Å². The molecule has 1 fully saturated rings. The smallest absolute Gasteiger partial charge is 0.387 e. The molecule has 2 rings (SSSR count). The summed E-state index contributed by atoms with van der Waals surface area (Å²) in [5.74, 6) is -0.122. The summed E-state index contributed by atoms with van der Waals surface area (Å²) in [7, 11) is -16.7. The monoisotopic (exact) mass is 668 g/mol. The number of aromatic nitrogens is 2. The van der Waals surface area contributed by atoms with Gasteiger partial charge in [0, 0.05) is 6.20 Å². The van der Waals surface area contributed by atoms with Crippen LogP contribution in [0.4, 0.5) is 5.82 Å². The zero-order chi connectivity index (χ0) is 32.1. The molecule has 1 aromatic rings. The van der Waals surface area contributed by atoms with E-state index in [1.807, 2.05) is 0 Å². The number of nitrogens with two attached hydrogens (primary N) is 1. The van der Waals surface area contributed by atoms with Crippen molar-refractivity contribution in [2.45, 2.75) is 83.8 Å². The maximum absolute atomic E-state index is 11.8. The van der Waals surface area contributed by atoms with Gasteiger partial charge in [0.05, 0.1) is 6.61 Å². The van der Waals surface area contributed by atoms with Crippen molar-refractivity contribution in [3.05, 3.63) is 22.7 Å². The number of phosphoric ester groups is 1. The van der Waals surface area contributed by atoms with Crippen LogP contribution in [0.25, 0.3) is 0 Å². The summed E-state index contributed by atoms with van der Waals surface area (Å²) in [4.78, 5) is 53.1. The minimum atomic E-state index is -5.71. The van der Waals surface area contributed by atoms with Crippen molar-refractivity contribution in [1.82, 2.24) is 14.5 Å². The highest BCUT2D eigenvalue weighted by molar-refractivity contribution is 7.66. The molecule has 1 aromatic heterocycles. The van der Waals surface area contributed by atoms with Crippen molar-refractivity contribution in [2.24, 2.45) is 0 Å². The summed E-state index contributed by atoms with van der Waals surface area (Å²) in [5, 5.41) is 20.0. The fourth-order valence-corrected chi connectivity index (χ4v) is 6.70. The number of unbranched alkanes of at least 4 members (excludes halogenated alkanes) is 3. The number of aliphatic hydroxyl groups excluding tert-OH is 2. The van der Waals surface area contributed by atoms with E-state index < -0.39 is 60.3 Å². The molecule has 1 saturated heterocycles. The molecule has 0 radical (unpaired) electrons. The second-order valence-electron chi connectivity index (χ2n) is 9.38. The van der Waals surface area contributed by atoms with E-state index in [2.05, 4.69) is 43.8 Å². The lowest BCUT2D eigenvalue weighted by Gasteiger charge is -2.21. The van der Waals surface area contributed by atoms with E-state index in [4.69, 9.17) is 25.2 Å². The lowest BCUT2D eigenvalue weighted by molar-refractivity contribution is -0.0541. The Labute approximate surface area is 243 Å². The van der Waals surface area contributed by atoms with Crippen molar-refractivity contribution in [2.75, 3.05) is 32.0 Å². The molecule has 1 aliphatic rings. The van der Waals surface area contributed by atoms with E-state index in [1.54, 1.807) is 0 Å². The molecule has 2 heterocycles. The highest BCUT2D eigenvalue weighted by Crippen LogP contribution is 2.66. The number of hydrogen-bond acceptors (Lipinski definition) is 13. The molecular weight excluding hydrogens is 625 g/mol. The second kappa shape index (κ2) is 18.0. The standard InChI is InChI=1S/C12H27N.C9H16N3O14P3/c1-4-7-10-13(11-8-5-2)12-9-6-3;10-5-1-2-12(9(15)11-5)8-7(14)6(13)4(24-8)3-23-28(19,20)26-29(21,22)25-27(16,17)18/h4-12H2,1-3H3;1-2,4,6-8,13-14H,3H2,(H,19,20)(H,21,22)(H2,10,11,15)(H2,16,17,18)/t;4-,6-,7-,8-/m.1/s1. The molecule has 8 N–H and O–H groups in total. The number of phosphoric acid groups is 3. The van der Waals surface area contributed by atoms with Gasteiger partial charge in [0.2, 0.25) is 0 Å². The lowest BCUT2D eigenvalue weighted by Crippen LogP contribution is -2.36. The number of nitrogens with zero attached hydrogens (tertiary/aromatic N) is 3. The SMILES string of the molecule is CCCCN(CCCC)CCCC.Nc1ccn([C@@H]2O[C@H](COP(=O)(O)OP(=O)(O)OP(=O)(O)O)[C@@H](O)[C@H]2O)c(=O)n1. The average molecular weight is 669 g/mol. The van der Waals surface area contributed by atoms with E-state index >= 15 is 0 Å². The van der Waals surface area contributed by atoms with Gasteiger partial charge in [0.1, 0.15) is 24.1 Å². The minimum Gasteiger partial charge on any atom is -0.387 e. The summed E-state index contributed by atoms with van der Waals surface area (Å²) in [6.07, 6.45) is 2.71. The van der Waals surface area contributed by atoms with Gasteiger partial charge in [-0.2, -0.15) is 13.6 Å². The molecule has 246 valence electrons. The van der Waals surface area contributed by atoms with Gasteiger partial charge in [-0.25, -0.2) is 18.5 Å². The van der Waals surface area contributed by atoms with Crippen LogP contribution in [0.2, 0.25) is 0 Å². The van der Waals surface area contributed by atoms with Crippen LogP contribution in [0.3, 0.4) is 0 Å². The predicted octanol–water partition coefficient (Wildman–Crippen LogP) is 1.48. The van der Waals surface area contributed by atoms with Crippen molar-refractivity contribution >= 4 is 29.3 Å². The van der Waals surface area contributed by atoms with Gasteiger partial charge >= 0.3 is 29.2 Å². The predicted molar refractivity (Wildman–Crippen MR) is 150 cm³/mol. The molecule has 2 unspecified atom stereocenters. The Kier molecular flexibility index (Phi) is 16.7. The lowest BCUT2D eigenvalue weighted by atomic mass is 10.1. The van der Waals surface area contributed by atoms with Crippen LogP contribution in [-0.2, 0) is 31.6 Å². The summed E-state index contributed by atoms with van der Waals surface area (Å²) in [6.45, 7) is 9.76. The highest BCUT2D eigenvalue weighted by Gasteiger charge is 2.46. The zero-order valence-electron chi connectivity index (χ0n) is 23.7. The van der Waals surface area contributed by atoms with Crippen LogP contribution in [0.15, 0.2) is 17.1 Å². The van der Waals surface area contributed by atoms with Crippen molar-refractivity contribution in [3.63, 3.8) is 0 Å². The molecule has 0 spiro atoms. The zero-order valence-corrected chi connectivity index (χ0v) is 26.4. The quantitative estimate of drug-likeness (QED) is 0.116. The number of aliphatic hydroxyl groups is 2. The topological polar surface area (TPSA) is 274 Å². The Morgan fingerprint density at radius 1 is 0.929 bits per heavy atom. The number of nitrogen functional groups attached to an aromatic ring is 1. The molecule has 1 aliphatic heterocycles. The molecule has 0 bridgehead atoms. The van der Waals surface area contributed by atoms with Crippen LogP contribution in [0.1, 0.15) is 65.5 Å². The molecule has 42 heavy (non-hydrogen) atoms. The van der Waals surface area contributed by atoms with Crippen molar-refractivity contribution < 1.29 is 61.4 Å². The third-order valence-corrected chi connectivity index (χ3v) is 9.57. The van der Waals surface area contributed by atoms with Gasteiger partial charge in [-0.1, -0.05) is 40.0 Å². The van der Waals surface area contributed by atoms with Crippen molar-refractivity contribution in [1.29, 1.82) is 0 Å². The highest BCUT2D eigenvalue weighted by atomic mass is 31.3. The maximum Gasteiger partial charge on any atom is 0.490 e. The largest absolute Gasteiger partial charge is 0.490 e. The average Bonchev–Trinajstić information content (AvgIpc) is 3.14. The molecule has 6 atom stereocenters. The van der Waals surface area contributed by atoms with E-state index in [1.165, 1.54) is 64.2 Å². The van der Waals surface area contributed by atoms with Gasteiger partial charge in [-0.05, 0) is 45.0 Å². The van der Waals surface area contributed by atoms with E-state index in [0.29, 0.717) is 0 Å². The Balaban J connectivity index is 0.000000572. The number of anilines is 1. The molecular formula is C21H43N4O14P3. The van der Waals surface area contributed by atoms with Gasteiger partial charge in [-0.15, -0.1) is 0 Å². The molecule has 0 aliphatic carbocycles. The van der Waals surface area contributed by atoms with E-state index in [0.717, 1.165) is 10.8 Å². The number of hydrogen-bond donors (Lipinski definition) is 7. The van der Waals surface area contributed by atoms with E-state index in [-0.39, 0.29) is 5.82 Å². The fraction of sp³-hybridized carbons (Fsp3) is 0.810. The first-order valence-corrected chi connectivity index (χ1v) is 17.8. The summed E-state index contributed by atoms with van der Waals surface area (Å²) < 4.78 is 50.8. The first-order chi connectivity index (χ1) is 19.4. The number of ether oxygens (including phenoxy) is 1. The third kappa shape index (κ3) is 14.6. The minimum absolute atomic E-state index is 0.122. The Hall–Kier alpha value is -1.07. The molecule has 18 nitrogen and oxygen atoms in total. The van der Waals surface area contributed by atoms with Gasteiger partial charge in [-0.3, -0.25) is 9.09 Å². The first-order valence-electron chi connectivity index (χ1n) is 13.3. The fourth-order valence-electron chi connectivity index (χ4n) is 3.67. The van der Waals surface area contributed by atoms with Crippen LogP contribution >= 0.6 is 23.5 Å². The van der Waals surface area contributed by atoms with Crippen LogP contribution in [0, 0.1) is 0 Å². The molecule has 21 heteroatoms. The normalized spacial score (nSPS) is 23.7. The van der Waals surface area contributed by atoms with Crippen LogP contribution in [0.5, 0.6) is 0 Å². The van der Waals surface area contributed by atoms with Crippen molar-refractivity contribution in [3.8, 4) is 0 Å². The third-order valence-electron chi connectivity index (χ3n) is 5.76. The molecule has 0 amide bonds. The molecule has 0 aromatic carbocycles. The van der Waals surface area contributed by atoms with Gasteiger partial charge in [0.25, 0.3) is 0 Å². The Morgan fingerprint density at radius 2 is 1.45 bits per heavy atom. The first kappa shape index (κ1) is 39.0. The molecule has 0 saturated carbocycles. The van der Waals surface area contributed by atoms with Gasteiger partial charge in [0.15, 0.2) is 6.23 Å². The Morgan fingerprint density at radius 3 is 1.90 bits per heavy atom. The maximum atomic E-state index is 11.8.